The summed E-state index contributed by atoms with van der Waals surface area (Å²) >= 11 is 1.34. The maximum absolute atomic E-state index is 12.9. The fourth-order valence-corrected chi connectivity index (χ4v) is 4.59. The predicted octanol–water partition coefficient (Wildman–Crippen LogP) is 2.79. The van der Waals surface area contributed by atoms with Crippen molar-refractivity contribution in [3.63, 3.8) is 0 Å². The maximum Gasteiger partial charge on any atom is 0.316 e. The minimum Gasteiger partial charge on any atom is -0.351 e. The van der Waals surface area contributed by atoms with E-state index in [2.05, 4.69) is 21.0 Å². The van der Waals surface area contributed by atoms with E-state index in [9.17, 15) is 9.59 Å². The number of hydrogen-bond donors (Lipinski definition) is 4. The highest BCUT2D eigenvalue weighted by Gasteiger charge is 2.22. The first-order valence-electron chi connectivity index (χ1n) is 9.81. The Labute approximate surface area is 178 Å². The normalized spacial score (nSPS) is 16.2. The van der Waals surface area contributed by atoms with Gasteiger partial charge in [0.2, 0.25) is 0 Å². The number of thiophene rings is 1. The van der Waals surface area contributed by atoms with E-state index in [4.69, 9.17) is 5.73 Å². The Morgan fingerprint density at radius 2 is 2.10 bits per heavy atom. The molecule has 9 heteroatoms. The highest BCUT2D eigenvalue weighted by molar-refractivity contribution is 7.18. The molecule has 0 saturated carbocycles. The van der Waals surface area contributed by atoms with Gasteiger partial charge in [0.05, 0.1) is 11.9 Å². The second-order valence-corrected chi connectivity index (χ2v) is 8.40. The van der Waals surface area contributed by atoms with Crippen molar-refractivity contribution in [2.75, 3.05) is 18.4 Å². The van der Waals surface area contributed by atoms with Crippen molar-refractivity contribution in [3.8, 4) is 21.6 Å². The average Bonchev–Trinajstić information content (AvgIpc) is 3.35. The molecule has 1 aromatic carbocycles. The molecule has 1 saturated heterocycles. The van der Waals surface area contributed by atoms with E-state index in [-0.39, 0.29) is 11.9 Å². The first-order valence-corrected chi connectivity index (χ1v) is 10.6. The van der Waals surface area contributed by atoms with Crippen molar-refractivity contribution in [1.82, 2.24) is 20.4 Å². The number of rotatable bonds is 5. The van der Waals surface area contributed by atoms with Gasteiger partial charge in [-0.1, -0.05) is 18.2 Å². The van der Waals surface area contributed by atoms with Gasteiger partial charge in [-0.15, -0.1) is 11.3 Å². The van der Waals surface area contributed by atoms with Gasteiger partial charge in [-0.2, -0.15) is 5.10 Å². The van der Waals surface area contributed by atoms with Gasteiger partial charge in [-0.05, 0) is 42.6 Å². The Kier molecular flexibility index (Phi) is 5.82. The summed E-state index contributed by atoms with van der Waals surface area (Å²) in [5, 5.41) is 13.2. The van der Waals surface area contributed by atoms with Gasteiger partial charge in [0, 0.05) is 36.3 Å². The number of anilines is 1. The third-order valence-corrected chi connectivity index (χ3v) is 6.20. The van der Waals surface area contributed by atoms with Gasteiger partial charge in [0.1, 0.15) is 4.88 Å². The third-order valence-electron chi connectivity index (χ3n) is 5.01. The van der Waals surface area contributed by atoms with Gasteiger partial charge in [0.25, 0.3) is 5.91 Å². The van der Waals surface area contributed by atoms with Crippen LogP contribution in [0.4, 0.5) is 10.5 Å². The molecule has 0 radical (unpaired) electrons. The number of primary amides is 1. The summed E-state index contributed by atoms with van der Waals surface area (Å²) in [7, 11) is 1.88. The molecule has 3 amide bonds. The SMILES string of the molecule is Cn1cc(-c2cccc(-c3cc(NC(N)=O)c(C(=O)N[C@H]4CCCNC4)s3)c2)cn1. The van der Waals surface area contributed by atoms with Crippen LogP contribution in [0.3, 0.4) is 0 Å². The fraction of sp³-hybridized carbons (Fsp3) is 0.286. The lowest BCUT2D eigenvalue weighted by molar-refractivity contribution is 0.0935. The second kappa shape index (κ2) is 8.68. The van der Waals surface area contributed by atoms with E-state index >= 15 is 0 Å². The summed E-state index contributed by atoms with van der Waals surface area (Å²) in [4.78, 5) is 25.7. The number of nitrogens with zero attached hydrogens (tertiary/aromatic N) is 2. The zero-order chi connectivity index (χ0) is 21.1. The zero-order valence-corrected chi connectivity index (χ0v) is 17.5. The molecule has 3 aromatic rings. The monoisotopic (exact) mass is 424 g/mol. The number of amides is 3. The lowest BCUT2D eigenvalue weighted by Gasteiger charge is -2.23. The molecular formula is C21H24N6O2S. The third kappa shape index (κ3) is 4.52. The largest absolute Gasteiger partial charge is 0.351 e. The summed E-state index contributed by atoms with van der Waals surface area (Å²) in [6.07, 6.45) is 5.71. The van der Waals surface area contributed by atoms with Crippen LogP contribution in [0.2, 0.25) is 0 Å². The average molecular weight is 425 g/mol. The minimum atomic E-state index is -0.697. The predicted molar refractivity (Wildman–Crippen MR) is 119 cm³/mol. The van der Waals surface area contributed by atoms with Crippen LogP contribution in [-0.2, 0) is 7.05 Å². The van der Waals surface area contributed by atoms with Crippen molar-refractivity contribution in [1.29, 1.82) is 0 Å². The van der Waals surface area contributed by atoms with E-state index in [1.165, 1.54) is 11.3 Å². The van der Waals surface area contributed by atoms with Gasteiger partial charge in [-0.3, -0.25) is 9.48 Å². The van der Waals surface area contributed by atoms with E-state index < -0.39 is 6.03 Å². The van der Waals surface area contributed by atoms with Crippen LogP contribution < -0.4 is 21.7 Å². The van der Waals surface area contributed by atoms with Gasteiger partial charge in [0.15, 0.2) is 0 Å². The summed E-state index contributed by atoms with van der Waals surface area (Å²) in [5.74, 6) is -0.202. The highest BCUT2D eigenvalue weighted by Crippen LogP contribution is 2.36. The smallest absolute Gasteiger partial charge is 0.316 e. The molecule has 2 aromatic heterocycles. The minimum absolute atomic E-state index is 0.0761. The Hall–Kier alpha value is -3.17. The van der Waals surface area contributed by atoms with Crippen molar-refractivity contribution in [3.05, 3.63) is 47.6 Å². The maximum atomic E-state index is 12.9. The summed E-state index contributed by atoms with van der Waals surface area (Å²) in [5.41, 5.74) is 8.74. The molecule has 1 atom stereocenters. The van der Waals surface area contributed by atoms with Crippen LogP contribution in [0.1, 0.15) is 22.5 Å². The standard InChI is InChI=1S/C21H24N6O2S/c1-27-12-15(10-24-27)13-4-2-5-14(8-13)18-9-17(26-21(22)29)19(30-18)20(28)25-16-6-3-7-23-11-16/h2,4-5,8-10,12,16,23H,3,6-7,11H2,1H3,(H,25,28)(H3,22,26,29)/t16-/m0/s1. The first-order chi connectivity index (χ1) is 14.5. The molecule has 0 spiro atoms. The lowest BCUT2D eigenvalue weighted by atomic mass is 10.1. The lowest BCUT2D eigenvalue weighted by Crippen LogP contribution is -2.45. The van der Waals surface area contributed by atoms with E-state index in [1.54, 1.807) is 10.7 Å². The van der Waals surface area contributed by atoms with Gasteiger partial charge in [-0.25, -0.2) is 4.79 Å². The van der Waals surface area contributed by atoms with Crippen LogP contribution in [0.5, 0.6) is 0 Å². The van der Waals surface area contributed by atoms with Crippen LogP contribution in [0.15, 0.2) is 42.7 Å². The zero-order valence-electron chi connectivity index (χ0n) is 16.6. The van der Waals surface area contributed by atoms with Crippen LogP contribution >= 0.6 is 11.3 Å². The van der Waals surface area contributed by atoms with Crippen molar-refractivity contribution >= 4 is 29.0 Å². The quantitative estimate of drug-likeness (QED) is 0.504. The molecule has 4 rings (SSSR count). The number of aryl methyl sites for hydroxylation is 1. The summed E-state index contributed by atoms with van der Waals surface area (Å²) in [6, 6.07) is 9.18. The highest BCUT2D eigenvalue weighted by atomic mass is 32.1. The molecule has 5 N–H and O–H groups in total. The molecule has 0 bridgehead atoms. The number of nitrogens with two attached hydrogens (primary N) is 1. The molecule has 0 unspecified atom stereocenters. The number of carbonyl (C=O) groups excluding carboxylic acids is 2. The second-order valence-electron chi connectivity index (χ2n) is 7.34. The Bertz CT molecular complexity index is 1070. The molecule has 3 heterocycles. The number of hydrogen-bond acceptors (Lipinski definition) is 5. The topological polar surface area (TPSA) is 114 Å². The molecule has 1 aliphatic heterocycles. The summed E-state index contributed by atoms with van der Waals surface area (Å²) < 4.78 is 1.75. The molecule has 30 heavy (non-hydrogen) atoms. The number of urea groups is 1. The fourth-order valence-electron chi connectivity index (χ4n) is 3.58. The molecular weight excluding hydrogens is 400 g/mol. The van der Waals surface area contributed by atoms with E-state index in [0.29, 0.717) is 10.6 Å². The Morgan fingerprint density at radius 1 is 1.27 bits per heavy atom. The number of nitrogens with one attached hydrogen (secondary N) is 3. The number of piperidine rings is 1. The van der Waals surface area contributed by atoms with Gasteiger partial charge >= 0.3 is 6.03 Å². The number of aromatic nitrogens is 2. The van der Waals surface area contributed by atoms with Crippen molar-refractivity contribution < 1.29 is 9.59 Å². The van der Waals surface area contributed by atoms with Crippen molar-refractivity contribution in [2.45, 2.75) is 18.9 Å². The van der Waals surface area contributed by atoms with Crippen LogP contribution in [0.25, 0.3) is 21.6 Å². The molecule has 1 aliphatic rings. The molecule has 1 fully saturated rings. The summed E-state index contributed by atoms with van der Waals surface area (Å²) in [6.45, 7) is 1.72. The number of benzene rings is 1. The van der Waals surface area contributed by atoms with Crippen LogP contribution in [-0.4, -0.2) is 40.9 Å². The molecule has 0 aliphatic carbocycles. The van der Waals surface area contributed by atoms with Crippen molar-refractivity contribution in [2.24, 2.45) is 12.8 Å². The first kappa shape index (κ1) is 20.1. The Morgan fingerprint density at radius 3 is 2.80 bits per heavy atom. The van der Waals surface area contributed by atoms with Crippen LogP contribution in [0, 0.1) is 0 Å². The van der Waals surface area contributed by atoms with Gasteiger partial charge < -0.3 is 21.7 Å². The number of carbonyl (C=O) groups is 2. The molecule has 156 valence electrons. The molecule has 8 nitrogen and oxygen atoms in total. The van der Waals surface area contributed by atoms with E-state index in [0.717, 1.165) is 47.5 Å². The van der Waals surface area contributed by atoms with E-state index in [1.807, 2.05) is 43.7 Å². The Balaban J connectivity index is 1.64.